The molecular weight excluding hydrogens is 435 g/mol. The second-order valence-corrected chi connectivity index (χ2v) is 9.53. The summed E-state index contributed by atoms with van der Waals surface area (Å²) in [4.78, 5) is 38.6. The first-order valence-corrected chi connectivity index (χ1v) is 11.1. The molecule has 33 heavy (non-hydrogen) atoms. The van der Waals surface area contributed by atoms with Crippen molar-refractivity contribution in [3.63, 3.8) is 0 Å². The first-order valence-electron chi connectivity index (χ1n) is 11.1. The molecule has 11 heteroatoms. The zero-order chi connectivity index (χ0) is 24.3. The fraction of sp³-hybridized carbons (Fsp3) is 0.591. The predicted octanol–water partition coefficient (Wildman–Crippen LogP) is 1.96. The number of benzene rings is 1. The maximum atomic E-state index is 14.1. The average Bonchev–Trinajstić information content (AvgIpc) is 2.65. The molecule has 1 aromatic carbocycles. The first kappa shape index (κ1) is 24.9. The van der Waals surface area contributed by atoms with Crippen LogP contribution < -0.4 is 15.5 Å². The minimum absolute atomic E-state index is 0.119. The van der Waals surface area contributed by atoms with Gasteiger partial charge in [0.15, 0.2) is 0 Å². The molecule has 2 aliphatic rings. The van der Waals surface area contributed by atoms with Gasteiger partial charge in [0.2, 0.25) is 11.8 Å². The Morgan fingerprint density at radius 3 is 2.61 bits per heavy atom. The van der Waals surface area contributed by atoms with E-state index in [2.05, 4.69) is 10.6 Å². The lowest BCUT2D eigenvalue weighted by atomic mass is 9.71. The number of amides is 2. The Morgan fingerprint density at radius 1 is 1.30 bits per heavy atom. The highest BCUT2D eigenvalue weighted by Gasteiger charge is 2.45. The highest BCUT2D eigenvalue weighted by Crippen LogP contribution is 2.29. The molecule has 8 nitrogen and oxygen atoms in total. The third-order valence-corrected chi connectivity index (χ3v) is 5.62. The minimum Gasteiger partial charge on any atom is -0.508 e. The van der Waals surface area contributed by atoms with E-state index in [4.69, 9.17) is 9.31 Å². The second-order valence-electron chi connectivity index (χ2n) is 9.53. The van der Waals surface area contributed by atoms with Gasteiger partial charge in [-0.05, 0) is 44.7 Å². The van der Waals surface area contributed by atoms with Crippen LogP contribution in [0.5, 0.6) is 0 Å². The third kappa shape index (κ3) is 6.43. The summed E-state index contributed by atoms with van der Waals surface area (Å²) in [7, 11) is -0.924. The van der Waals surface area contributed by atoms with Crippen LogP contribution in [-0.2, 0) is 23.7 Å². The SMILES string of the molecule is CC(C)CC(NC(=O)CNC(=O)C1CCN1c1ccc(F)cc1F)B1OC(=O)CC(C)(C)O1. The molecule has 2 N–H and O–H groups in total. The van der Waals surface area contributed by atoms with Crippen molar-refractivity contribution in [3.8, 4) is 0 Å². The molecule has 2 amide bonds. The molecule has 0 spiro atoms. The van der Waals surface area contributed by atoms with Crippen molar-refractivity contribution in [3.05, 3.63) is 29.8 Å². The molecule has 0 saturated carbocycles. The summed E-state index contributed by atoms with van der Waals surface area (Å²) in [6.07, 6.45) is 1.11. The van der Waals surface area contributed by atoms with Gasteiger partial charge in [0, 0.05) is 12.6 Å². The molecule has 0 aromatic heterocycles. The summed E-state index contributed by atoms with van der Waals surface area (Å²) >= 11 is 0. The van der Waals surface area contributed by atoms with Gasteiger partial charge in [-0.15, -0.1) is 0 Å². The Balaban J connectivity index is 1.56. The number of hydrogen-bond acceptors (Lipinski definition) is 6. The standard InChI is InChI=1S/C22H30BF2N3O5/c1-13(2)9-18(23-32-20(30)11-22(3,4)33-23)27-19(29)12-26-21(31)17-7-8-28(17)16-6-5-14(24)10-15(16)25/h5-6,10,13,17-18H,7-9,11-12H2,1-4H3,(H,26,31)(H,27,29). The van der Waals surface area contributed by atoms with E-state index >= 15 is 0 Å². The van der Waals surface area contributed by atoms with E-state index in [0.29, 0.717) is 19.4 Å². The van der Waals surface area contributed by atoms with Crippen molar-refractivity contribution in [2.24, 2.45) is 5.92 Å². The maximum Gasteiger partial charge on any atom is 0.551 e. The Hall–Kier alpha value is -2.69. The van der Waals surface area contributed by atoms with E-state index in [1.165, 1.54) is 11.0 Å². The van der Waals surface area contributed by atoms with Gasteiger partial charge in [-0.1, -0.05) is 13.8 Å². The number of anilines is 1. The molecule has 2 saturated heterocycles. The molecule has 180 valence electrons. The lowest BCUT2D eigenvalue weighted by Crippen LogP contribution is -2.59. The van der Waals surface area contributed by atoms with Crippen molar-refractivity contribution < 1.29 is 32.5 Å². The molecule has 0 radical (unpaired) electrons. The molecule has 1 aromatic rings. The van der Waals surface area contributed by atoms with Gasteiger partial charge in [0.25, 0.3) is 5.97 Å². The van der Waals surface area contributed by atoms with E-state index in [9.17, 15) is 23.2 Å². The molecular formula is C22H30BF2N3O5. The van der Waals surface area contributed by atoms with Crippen LogP contribution in [-0.4, -0.2) is 55.6 Å². The third-order valence-electron chi connectivity index (χ3n) is 5.62. The van der Waals surface area contributed by atoms with E-state index in [-0.39, 0.29) is 24.6 Å². The van der Waals surface area contributed by atoms with Gasteiger partial charge < -0.3 is 24.8 Å². The lowest BCUT2D eigenvalue weighted by molar-refractivity contribution is -0.147. The number of rotatable bonds is 8. The Morgan fingerprint density at radius 2 is 2.03 bits per heavy atom. The van der Waals surface area contributed by atoms with Crippen LogP contribution in [0.25, 0.3) is 0 Å². The zero-order valence-corrected chi connectivity index (χ0v) is 19.3. The Labute approximate surface area is 192 Å². The van der Waals surface area contributed by atoms with Gasteiger partial charge in [0.05, 0.1) is 30.2 Å². The molecule has 2 fully saturated rings. The zero-order valence-electron chi connectivity index (χ0n) is 19.3. The summed E-state index contributed by atoms with van der Waals surface area (Å²) in [6, 6.07) is 2.55. The minimum atomic E-state index is -0.924. The Kier molecular flexibility index (Phi) is 7.61. The number of carbonyl (C=O) groups is 3. The van der Waals surface area contributed by atoms with E-state index in [0.717, 1.165) is 12.1 Å². The van der Waals surface area contributed by atoms with Gasteiger partial charge in [-0.25, -0.2) is 8.78 Å². The van der Waals surface area contributed by atoms with Crippen molar-refractivity contribution >= 4 is 30.6 Å². The summed E-state index contributed by atoms with van der Waals surface area (Å²) in [6.45, 7) is 7.65. The van der Waals surface area contributed by atoms with Crippen molar-refractivity contribution in [2.75, 3.05) is 18.0 Å². The highest BCUT2D eigenvalue weighted by molar-refractivity contribution is 6.49. The monoisotopic (exact) mass is 465 g/mol. The normalized spacial score (nSPS) is 20.7. The van der Waals surface area contributed by atoms with Crippen LogP contribution in [0.4, 0.5) is 14.5 Å². The van der Waals surface area contributed by atoms with Crippen LogP contribution in [0.15, 0.2) is 18.2 Å². The van der Waals surface area contributed by atoms with Crippen LogP contribution >= 0.6 is 0 Å². The quantitative estimate of drug-likeness (QED) is 0.570. The fourth-order valence-electron chi connectivity index (χ4n) is 4.01. The van der Waals surface area contributed by atoms with Crippen LogP contribution in [0.2, 0.25) is 0 Å². The van der Waals surface area contributed by atoms with Crippen LogP contribution in [0.1, 0.15) is 47.0 Å². The molecule has 2 atom stereocenters. The van der Waals surface area contributed by atoms with E-state index in [1.807, 2.05) is 13.8 Å². The molecule has 0 aliphatic carbocycles. The Bertz CT molecular complexity index is 914. The van der Waals surface area contributed by atoms with E-state index < -0.39 is 54.1 Å². The number of nitrogens with zero attached hydrogens (tertiary/aromatic N) is 1. The van der Waals surface area contributed by atoms with Crippen molar-refractivity contribution in [1.82, 2.24) is 10.6 Å². The fourth-order valence-corrected chi connectivity index (χ4v) is 4.01. The highest BCUT2D eigenvalue weighted by atomic mass is 19.1. The average molecular weight is 465 g/mol. The lowest BCUT2D eigenvalue weighted by Gasteiger charge is -2.41. The molecule has 3 rings (SSSR count). The van der Waals surface area contributed by atoms with Crippen molar-refractivity contribution in [2.45, 2.75) is 64.5 Å². The van der Waals surface area contributed by atoms with Gasteiger partial charge in [-0.2, -0.15) is 0 Å². The molecule has 2 aliphatic heterocycles. The summed E-state index contributed by atoms with van der Waals surface area (Å²) in [5, 5.41) is 5.36. The van der Waals surface area contributed by atoms with Crippen LogP contribution in [0, 0.1) is 17.6 Å². The first-order chi connectivity index (χ1) is 15.4. The number of nitrogens with one attached hydrogen (secondary N) is 2. The summed E-state index contributed by atoms with van der Waals surface area (Å²) in [5.41, 5.74) is -0.569. The second kappa shape index (κ2) is 10.1. The summed E-state index contributed by atoms with van der Waals surface area (Å²) in [5.74, 6) is -3.12. The molecule has 0 bridgehead atoms. The summed E-state index contributed by atoms with van der Waals surface area (Å²) < 4.78 is 38.4. The van der Waals surface area contributed by atoms with E-state index in [1.54, 1.807) is 13.8 Å². The molecule has 2 unspecified atom stereocenters. The smallest absolute Gasteiger partial charge is 0.508 e. The molecule has 2 heterocycles. The number of hydrogen-bond donors (Lipinski definition) is 2. The maximum absolute atomic E-state index is 14.1. The van der Waals surface area contributed by atoms with Gasteiger partial charge in [-0.3, -0.25) is 14.4 Å². The van der Waals surface area contributed by atoms with Crippen LogP contribution in [0.3, 0.4) is 0 Å². The van der Waals surface area contributed by atoms with Gasteiger partial charge in [0.1, 0.15) is 17.7 Å². The van der Waals surface area contributed by atoms with Crippen molar-refractivity contribution in [1.29, 1.82) is 0 Å². The number of carbonyl (C=O) groups excluding carboxylic acids is 3. The predicted molar refractivity (Wildman–Crippen MR) is 118 cm³/mol. The largest absolute Gasteiger partial charge is 0.551 e. The topological polar surface area (TPSA) is 97.0 Å². The number of halogens is 2. The van der Waals surface area contributed by atoms with Gasteiger partial charge >= 0.3 is 7.12 Å².